The maximum absolute atomic E-state index is 13.6. The zero-order chi connectivity index (χ0) is 12.8. The summed E-state index contributed by atoms with van der Waals surface area (Å²) in [6, 6.07) is 4.91. The molecule has 0 amide bonds. The predicted molar refractivity (Wildman–Crippen MR) is 70.1 cm³/mol. The Hall–Kier alpha value is -1.13. The molecule has 0 aliphatic carbocycles. The summed E-state index contributed by atoms with van der Waals surface area (Å²) in [4.78, 5) is 2.37. The zero-order valence-corrected chi connectivity index (χ0v) is 10.7. The Kier molecular flexibility index (Phi) is 4.96. The van der Waals surface area contributed by atoms with Crippen molar-refractivity contribution in [3.05, 3.63) is 29.6 Å². The van der Waals surface area contributed by atoms with E-state index in [1.165, 1.54) is 25.3 Å². The Labute approximate surface area is 108 Å². The Bertz CT molecular complexity index is 378. The van der Waals surface area contributed by atoms with Crippen molar-refractivity contribution in [1.82, 2.24) is 4.90 Å². The lowest BCUT2D eigenvalue weighted by atomic mass is 10.1. The normalized spacial score (nSPS) is 16.8. The summed E-state index contributed by atoms with van der Waals surface area (Å²) < 4.78 is 19.1. The van der Waals surface area contributed by atoms with Gasteiger partial charge in [0.25, 0.3) is 0 Å². The van der Waals surface area contributed by atoms with Crippen LogP contribution in [0.4, 0.5) is 4.39 Å². The molecule has 1 heterocycles. The number of nitrogens with zero attached hydrogens (tertiary/aromatic N) is 1. The molecule has 1 aliphatic heterocycles. The van der Waals surface area contributed by atoms with Gasteiger partial charge in [0.1, 0.15) is 6.61 Å². The number of piperidine rings is 1. The topological polar surface area (TPSA) is 38.5 Å². The summed E-state index contributed by atoms with van der Waals surface area (Å²) >= 11 is 0. The SMILES string of the molecule is NCc1ccc(OCCN2CCCCC2)c(F)c1. The van der Waals surface area contributed by atoms with Gasteiger partial charge in [0.2, 0.25) is 0 Å². The van der Waals surface area contributed by atoms with Gasteiger partial charge in [-0.25, -0.2) is 4.39 Å². The van der Waals surface area contributed by atoms with Crippen molar-refractivity contribution in [3.8, 4) is 5.75 Å². The van der Waals surface area contributed by atoms with Gasteiger partial charge in [0, 0.05) is 13.1 Å². The Balaban J connectivity index is 1.79. The van der Waals surface area contributed by atoms with Crippen molar-refractivity contribution in [2.24, 2.45) is 5.73 Å². The summed E-state index contributed by atoms with van der Waals surface area (Å²) in [6.45, 7) is 4.04. The average molecular weight is 252 g/mol. The fraction of sp³-hybridized carbons (Fsp3) is 0.571. The smallest absolute Gasteiger partial charge is 0.165 e. The lowest BCUT2D eigenvalue weighted by Gasteiger charge is -2.26. The molecule has 1 aliphatic rings. The minimum Gasteiger partial charge on any atom is -0.489 e. The molecule has 0 radical (unpaired) electrons. The molecule has 3 nitrogen and oxygen atoms in total. The molecule has 1 aromatic carbocycles. The molecule has 0 atom stereocenters. The van der Waals surface area contributed by atoms with Crippen LogP contribution in [0, 0.1) is 5.82 Å². The first-order chi connectivity index (χ1) is 8.79. The van der Waals surface area contributed by atoms with Crippen molar-refractivity contribution in [2.75, 3.05) is 26.2 Å². The number of likely N-dealkylation sites (tertiary alicyclic amines) is 1. The average Bonchev–Trinajstić information content (AvgIpc) is 2.42. The third kappa shape index (κ3) is 3.68. The molecule has 0 bridgehead atoms. The van der Waals surface area contributed by atoms with Crippen LogP contribution in [0.5, 0.6) is 5.75 Å². The second-order valence-corrected chi connectivity index (χ2v) is 4.72. The Morgan fingerprint density at radius 2 is 2.00 bits per heavy atom. The van der Waals surface area contributed by atoms with E-state index in [1.54, 1.807) is 12.1 Å². The highest BCUT2D eigenvalue weighted by molar-refractivity contribution is 5.29. The van der Waals surface area contributed by atoms with E-state index >= 15 is 0 Å². The van der Waals surface area contributed by atoms with E-state index in [1.807, 2.05) is 0 Å². The maximum Gasteiger partial charge on any atom is 0.165 e. The van der Waals surface area contributed by atoms with Crippen LogP contribution in [0.2, 0.25) is 0 Å². The standard InChI is InChI=1S/C14H21FN2O/c15-13-10-12(11-16)4-5-14(13)18-9-8-17-6-2-1-3-7-17/h4-5,10H,1-3,6-9,11,16H2. The molecule has 100 valence electrons. The van der Waals surface area contributed by atoms with Gasteiger partial charge in [-0.2, -0.15) is 0 Å². The zero-order valence-electron chi connectivity index (χ0n) is 10.7. The number of hydrogen-bond acceptors (Lipinski definition) is 3. The highest BCUT2D eigenvalue weighted by Crippen LogP contribution is 2.18. The quantitative estimate of drug-likeness (QED) is 0.872. The molecule has 0 saturated carbocycles. The first kappa shape index (κ1) is 13.3. The summed E-state index contributed by atoms with van der Waals surface area (Å²) in [5.74, 6) is 0.000744. The second-order valence-electron chi connectivity index (χ2n) is 4.72. The van der Waals surface area contributed by atoms with Crippen LogP contribution in [0.25, 0.3) is 0 Å². The number of nitrogens with two attached hydrogens (primary N) is 1. The first-order valence-corrected chi connectivity index (χ1v) is 6.63. The van der Waals surface area contributed by atoms with Gasteiger partial charge in [-0.15, -0.1) is 0 Å². The highest BCUT2D eigenvalue weighted by Gasteiger charge is 2.10. The molecule has 18 heavy (non-hydrogen) atoms. The molecule has 0 unspecified atom stereocenters. The van der Waals surface area contributed by atoms with E-state index in [0.717, 1.165) is 25.2 Å². The van der Waals surface area contributed by atoms with Crippen molar-refractivity contribution < 1.29 is 9.13 Å². The number of halogens is 1. The molecule has 2 rings (SSSR count). The van der Waals surface area contributed by atoms with Gasteiger partial charge in [0.05, 0.1) is 0 Å². The summed E-state index contributed by atoms with van der Waals surface area (Å²) in [5.41, 5.74) is 6.24. The van der Waals surface area contributed by atoms with Crippen molar-refractivity contribution in [2.45, 2.75) is 25.8 Å². The molecule has 0 aromatic heterocycles. The lowest BCUT2D eigenvalue weighted by Crippen LogP contribution is -2.33. The summed E-state index contributed by atoms with van der Waals surface area (Å²) in [5, 5.41) is 0. The van der Waals surface area contributed by atoms with Gasteiger partial charge >= 0.3 is 0 Å². The molecule has 1 aromatic rings. The minimum absolute atomic E-state index is 0.323. The predicted octanol–water partition coefficient (Wildman–Crippen LogP) is 2.15. The van der Waals surface area contributed by atoms with E-state index in [2.05, 4.69) is 4.90 Å². The van der Waals surface area contributed by atoms with Crippen LogP contribution < -0.4 is 10.5 Å². The number of hydrogen-bond donors (Lipinski definition) is 1. The van der Waals surface area contributed by atoms with Crippen LogP contribution in [-0.2, 0) is 6.54 Å². The van der Waals surface area contributed by atoms with Crippen molar-refractivity contribution in [1.29, 1.82) is 0 Å². The third-order valence-corrected chi connectivity index (χ3v) is 3.35. The number of benzene rings is 1. The fourth-order valence-electron chi connectivity index (χ4n) is 2.26. The fourth-order valence-corrected chi connectivity index (χ4v) is 2.26. The van der Waals surface area contributed by atoms with E-state index in [4.69, 9.17) is 10.5 Å². The molecule has 0 spiro atoms. The highest BCUT2D eigenvalue weighted by atomic mass is 19.1. The van der Waals surface area contributed by atoms with E-state index in [9.17, 15) is 4.39 Å². The second kappa shape index (κ2) is 6.71. The first-order valence-electron chi connectivity index (χ1n) is 6.63. The van der Waals surface area contributed by atoms with E-state index < -0.39 is 0 Å². The van der Waals surface area contributed by atoms with Crippen LogP contribution >= 0.6 is 0 Å². The van der Waals surface area contributed by atoms with Gasteiger partial charge in [0.15, 0.2) is 11.6 Å². The van der Waals surface area contributed by atoms with Crippen LogP contribution in [0.15, 0.2) is 18.2 Å². The third-order valence-electron chi connectivity index (χ3n) is 3.35. The summed E-state index contributed by atoms with van der Waals surface area (Å²) in [6.07, 6.45) is 3.85. The molecular weight excluding hydrogens is 231 g/mol. The number of rotatable bonds is 5. The lowest BCUT2D eigenvalue weighted by molar-refractivity contribution is 0.180. The van der Waals surface area contributed by atoms with Gasteiger partial charge in [-0.05, 0) is 43.6 Å². The molecule has 2 N–H and O–H groups in total. The van der Waals surface area contributed by atoms with Gasteiger partial charge < -0.3 is 10.5 Å². The molecule has 4 heteroatoms. The Morgan fingerprint density at radius 1 is 1.22 bits per heavy atom. The van der Waals surface area contributed by atoms with E-state index in [0.29, 0.717) is 18.9 Å². The van der Waals surface area contributed by atoms with Crippen LogP contribution in [0.1, 0.15) is 24.8 Å². The van der Waals surface area contributed by atoms with Crippen LogP contribution in [0.3, 0.4) is 0 Å². The number of ether oxygens (including phenoxy) is 1. The maximum atomic E-state index is 13.6. The van der Waals surface area contributed by atoms with Crippen LogP contribution in [-0.4, -0.2) is 31.1 Å². The Morgan fingerprint density at radius 3 is 2.67 bits per heavy atom. The molecular formula is C14H21FN2O. The van der Waals surface area contributed by atoms with Crippen molar-refractivity contribution >= 4 is 0 Å². The molecule has 1 fully saturated rings. The van der Waals surface area contributed by atoms with Gasteiger partial charge in [-0.3, -0.25) is 4.90 Å². The molecule has 1 saturated heterocycles. The summed E-state index contributed by atoms with van der Waals surface area (Å²) in [7, 11) is 0. The van der Waals surface area contributed by atoms with Gasteiger partial charge in [-0.1, -0.05) is 12.5 Å². The monoisotopic (exact) mass is 252 g/mol. The minimum atomic E-state index is -0.323. The van der Waals surface area contributed by atoms with Crippen molar-refractivity contribution in [3.63, 3.8) is 0 Å². The largest absolute Gasteiger partial charge is 0.489 e. The van der Waals surface area contributed by atoms with E-state index in [-0.39, 0.29) is 5.82 Å².